The van der Waals surface area contributed by atoms with Crippen LogP contribution < -0.4 is 5.32 Å². The molecule has 0 radical (unpaired) electrons. The van der Waals surface area contributed by atoms with Crippen molar-refractivity contribution in [3.63, 3.8) is 0 Å². The Hall–Kier alpha value is -1.12. The van der Waals surface area contributed by atoms with E-state index in [-0.39, 0.29) is 18.6 Å². The highest BCUT2D eigenvalue weighted by molar-refractivity contribution is 7.99. The first kappa shape index (κ1) is 15.3. The van der Waals surface area contributed by atoms with E-state index in [0.29, 0.717) is 13.2 Å². The first-order chi connectivity index (χ1) is 9.84. The lowest BCUT2D eigenvalue weighted by Gasteiger charge is -2.22. The van der Waals surface area contributed by atoms with Gasteiger partial charge in [-0.1, -0.05) is 0 Å². The van der Waals surface area contributed by atoms with E-state index < -0.39 is 0 Å². The number of carbonyl (C=O) groups is 1. The van der Waals surface area contributed by atoms with Crippen LogP contribution in [-0.4, -0.2) is 59.5 Å². The van der Waals surface area contributed by atoms with Crippen LogP contribution in [0.3, 0.4) is 0 Å². The first-order valence-electron chi connectivity index (χ1n) is 6.79. The predicted octanol–water partition coefficient (Wildman–Crippen LogP) is 0.599. The molecule has 20 heavy (non-hydrogen) atoms. The van der Waals surface area contributed by atoms with E-state index in [1.54, 1.807) is 6.20 Å². The molecule has 0 saturated carbocycles. The Labute approximate surface area is 122 Å². The summed E-state index contributed by atoms with van der Waals surface area (Å²) in [5.74, 6) is 0.658. The summed E-state index contributed by atoms with van der Waals surface area (Å²) >= 11 is 1.54. The zero-order chi connectivity index (χ0) is 14.0. The van der Waals surface area contributed by atoms with Gasteiger partial charge in [-0.05, 0) is 19.3 Å². The van der Waals surface area contributed by atoms with E-state index in [1.165, 1.54) is 18.2 Å². The van der Waals surface area contributed by atoms with Gasteiger partial charge < -0.3 is 14.8 Å². The van der Waals surface area contributed by atoms with Gasteiger partial charge in [0.1, 0.15) is 11.6 Å². The van der Waals surface area contributed by atoms with Crippen molar-refractivity contribution in [2.45, 2.75) is 30.4 Å². The molecule has 1 amide bonds. The number of thioether (sulfide) groups is 1. The van der Waals surface area contributed by atoms with Crippen molar-refractivity contribution in [1.82, 2.24) is 20.7 Å². The number of amides is 1. The van der Waals surface area contributed by atoms with Crippen molar-refractivity contribution in [3.05, 3.63) is 6.20 Å². The van der Waals surface area contributed by atoms with Gasteiger partial charge in [-0.15, -0.1) is 16.9 Å². The van der Waals surface area contributed by atoms with E-state index in [2.05, 4.69) is 20.7 Å². The van der Waals surface area contributed by atoms with Gasteiger partial charge in [0, 0.05) is 18.9 Å². The summed E-state index contributed by atoms with van der Waals surface area (Å²) in [6.07, 6.45) is 5.13. The van der Waals surface area contributed by atoms with E-state index in [4.69, 9.17) is 9.47 Å². The number of nitrogens with one attached hydrogen (secondary N) is 2. The molecule has 0 spiro atoms. The number of aromatic amines is 1. The van der Waals surface area contributed by atoms with Crippen LogP contribution in [0.5, 0.6) is 0 Å². The van der Waals surface area contributed by atoms with Crippen LogP contribution in [0.1, 0.15) is 19.3 Å². The Kier molecular flexibility index (Phi) is 6.82. The van der Waals surface area contributed by atoms with Gasteiger partial charge in [0.25, 0.3) is 0 Å². The maximum absolute atomic E-state index is 11.5. The van der Waals surface area contributed by atoms with E-state index in [1.807, 2.05) is 0 Å². The highest BCUT2D eigenvalue weighted by Crippen LogP contribution is 2.12. The monoisotopic (exact) mass is 300 g/mol. The average molecular weight is 300 g/mol. The highest BCUT2D eigenvalue weighted by Gasteiger charge is 2.14. The summed E-state index contributed by atoms with van der Waals surface area (Å²) in [5, 5.41) is 13.8. The third kappa shape index (κ3) is 5.89. The van der Waals surface area contributed by atoms with Crippen LogP contribution in [0.15, 0.2) is 11.2 Å². The Bertz CT molecular complexity index is 382. The van der Waals surface area contributed by atoms with E-state index in [0.717, 1.165) is 30.2 Å². The van der Waals surface area contributed by atoms with Gasteiger partial charge in [-0.25, -0.2) is 0 Å². The van der Waals surface area contributed by atoms with Crippen LogP contribution >= 0.6 is 11.8 Å². The fourth-order valence-electron chi connectivity index (χ4n) is 1.88. The second-order valence-corrected chi connectivity index (χ2v) is 5.63. The second-order valence-electron chi connectivity index (χ2n) is 4.51. The molecular formula is C12H20N4O3S. The smallest absolute Gasteiger partial charge is 0.246 e. The maximum Gasteiger partial charge on any atom is 0.246 e. The number of aromatic nitrogens is 3. The van der Waals surface area contributed by atoms with Crippen LogP contribution in [0.25, 0.3) is 0 Å². The minimum Gasteiger partial charge on any atom is -0.376 e. The summed E-state index contributed by atoms with van der Waals surface area (Å²) in [5.41, 5.74) is 0. The number of nitrogens with zero attached hydrogens (tertiary/aromatic N) is 2. The summed E-state index contributed by atoms with van der Waals surface area (Å²) in [7, 11) is 0. The summed E-state index contributed by atoms with van der Waals surface area (Å²) < 4.78 is 10.9. The van der Waals surface area contributed by atoms with E-state index >= 15 is 0 Å². The molecule has 8 heteroatoms. The number of rotatable bonds is 8. The van der Waals surface area contributed by atoms with Crippen molar-refractivity contribution >= 4 is 17.7 Å². The number of ether oxygens (including phenoxy) is 2. The lowest BCUT2D eigenvalue weighted by atomic mass is 10.1. The van der Waals surface area contributed by atoms with Gasteiger partial charge >= 0.3 is 0 Å². The molecule has 1 atom stereocenters. The SMILES string of the molecule is O=C(COC[C@@H]1CCCCO1)NCCSc1cn[nH]n1. The normalized spacial score (nSPS) is 18.9. The molecular weight excluding hydrogens is 280 g/mol. The van der Waals surface area contributed by atoms with Crippen LogP contribution in [0.4, 0.5) is 0 Å². The van der Waals surface area contributed by atoms with Crippen molar-refractivity contribution < 1.29 is 14.3 Å². The Morgan fingerprint density at radius 2 is 2.55 bits per heavy atom. The lowest BCUT2D eigenvalue weighted by molar-refractivity contribution is -0.127. The Morgan fingerprint density at radius 1 is 1.60 bits per heavy atom. The molecule has 1 aliphatic heterocycles. The van der Waals surface area contributed by atoms with E-state index in [9.17, 15) is 4.79 Å². The van der Waals surface area contributed by atoms with Crippen LogP contribution in [-0.2, 0) is 14.3 Å². The first-order valence-corrected chi connectivity index (χ1v) is 7.78. The number of hydrogen-bond acceptors (Lipinski definition) is 6. The fraction of sp³-hybridized carbons (Fsp3) is 0.750. The van der Waals surface area contributed by atoms with Crippen molar-refractivity contribution in [1.29, 1.82) is 0 Å². The second kappa shape index (κ2) is 8.93. The molecule has 0 aliphatic carbocycles. The lowest BCUT2D eigenvalue weighted by Crippen LogP contribution is -2.32. The van der Waals surface area contributed by atoms with Crippen LogP contribution in [0.2, 0.25) is 0 Å². The van der Waals surface area contributed by atoms with Crippen LogP contribution in [0, 0.1) is 0 Å². The van der Waals surface area contributed by atoms with Gasteiger partial charge in [-0.3, -0.25) is 4.79 Å². The average Bonchev–Trinajstić information content (AvgIpc) is 2.98. The molecule has 1 saturated heterocycles. The number of hydrogen-bond donors (Lipinski definition) is 2. The van der Waals surface area contributed by atoms with Gasteiger partial charge in [0.2, 0.25) is 5.91 Å². The molecule has 7 nitrogen and oxygen atoms in total. The minimum absolute atomic E-state index is 0.0918. The third-order valence-corrected chi connectivity index (χ3v) is 3.78. The molecule has 1 aromatic heterocycles. The molecule has 1 fully saturated rings. The molecule has 0 aromatic carbocycles. The molecule has 112 valence electrons. The van der Waals surface area contributed by atoms with Gasteiger partial charge in [0.05, 0.1) is 18.9 Å². The standard InChI is InChI=1S/C12H20N4O3S/c17-11(9-18-8-10-3-1-2-5-19-10)13-4-6-20-12-7-14-16-15-12/h7,10H,1-6,8-9H2,(H,13,17)(H,14,15,16)/t10-/m0/s1. The minimum atomic E-state index is -0.0958. The Morgan fingerprint density at radius 3 is 3.30 bits per heavy atom. The summed E-state index contributed by atoms with van der Waals surface area (Å²) in [6, 6.07) is 0. The maximum atomic E-state index is 11.5. The molecule has 1 aliphatic rings. The topological polar surface area (TPSA) is 89.1 Å². The summed E-state index contributed by atoms with van der Waals surface area (Å²) in [6.45, 7) is 1.98. The zero-order valence-corrected chi connectivity index (χ0v) is 12.2. The number of carbonyl (C=O) groups excluding carboxylic acids is 1. The van der Waals surface area contributed by atoms with Gasteiger partial charge in [-0.2, -0.15) is 10.3 Å². The summed E-state index contributed by atoms with van der Waals surface area (Å²) in [4.78, 5) is 11.5. The number of H-pyrrole nitrogens is 1. The molecule has 2 heterocycles. The third-order valence-electron chi connectivity index (χ3n) is 2.88. The fourth-order valence-corrected chi connectivity index (χ4v) is 2.53. The largest absolute Gasteiger partial charge is 0.376 e. The Balaban J connectivity index is 1.45. The molecule has 1 aromatic rings. The highest BCUT2D eigenvalue weighted by atomic mass is 32.2. The molecule has 2 N–H and O–H groups in total. The van der Waals surface area contributed by atoms with Crippen molar-refractivity contribution in [2.75, 3.05) is 32.1 Å². The molecule has 2 rings (SSSR count). The molecule has 0 unspecified atom stereocenters. The van der Waals surface area contributed by atoms with Crippen molar-refractivity contribution in [3.8, 4) is 0 Å². The zero-order valence-electron chi connectivity index (χ0n) is 11.3. The quantitative estimate of drug-likeness (QED) is 0.540. The van der Waals surface area contributed by atoms with Gasteiger partial charge in [0.15, 0.2) is 0 Å². The van der Waals surface area contributed by atoms with Crippen molar-refractivity contribution in [2.24, 2.45) is 0 Å². The predicted molar refractivity (Wildman–Crippen MR) is 74.5 cm³/mol. The molecule has 0 bridgehead atoms.